The molecule has 2 N–H and O–H groups in total. The van der Waals surface area contributed by atoms with Gasteiger partial charge in [0.2, 0.25) is 6.79 Å². The van der Waals surface area contributed by atoms with E-state index in [0.717, 1.165) is 24.2 Å². The van der Waals surface area contributed by atoms with Gasteiger partial charge in [-0.2, -0.15) is 0 Å². The smallest absolute Gasteiger partial charge is 0.309 e. The maximum atomic E-state index is 12.3. The van der Waals surface area contributed by atoms with Crippen molar-refractivity contribution in [2.45, 2.75) is 12.6 Å². The standard InChI is InChI=1S/C21H24N4O5/c26-20(23-12-15-3-5-22-6-4-15)21(27)24-13-17(25-7-9-28-10-8-25)16-1-2-18-19(11-16)30-14-29-18/h1-6,11,17H,7-10,12-14H2,(H,23,26)(H,24,27). The number of rotatable bonds is 6. The SMILES string of the molecule is O=C(NCc1ccncc1)C(=O)NCC(c1ccc2c(c1)OCO2)N1CCOCC1. The second-order valence-corrected chi connectivity index (χ2v) is 7.03. The van der Waals surface area contributed by atoms with Crippen molar-refractivity contribution in [1.82, 2.24) is 20.5 Å². The van der Waals surface area contributed by atoms with Gasteiger partial charge in [-0.3, -0.25) is 19.5 Å². The quantitative estimate of drug-likeness (QED) is 0.671. The van der Waals surface area contributed by atoms with Gasteiger partial charge in [0.15, 0.2) is 11.5 Å². The predicted octanol–water partition coefficient (Wildman–Crippen LogP) is 0.616. The number of amides is 2. The Morgan fingerprint density at radius 2 is 1.73 bits per heavy atom. The molecule has 2 aromatic rings. The Morgan fingerprint density at radius 1 is 1.00 bits per heavy atom. The number of hydrogen-bond donors (Lipinski definition) is 2. The maximum absolute atomic E-state index is 12.3. The molecule has 1 unspecified atom stereocenters. The number of morpholine rings is 1. The number of pyridine rings is 1. The highest BCUT2D eigenvalue weighted by atomic mass is 16.7. The van der Waals surface area contributed by atoms with E-state index in [-0.39, 0.29) is 19.4 Å². The second kappa shape index (κ2) is 9.55. The first-order chi connectivity index (χ1) is 14.7. The van der Waals surface area contributed by atoms with E-state index >= 15 is 0 Å². The molecule has 0 bridgehead atoms. The van der Waals surface area contributed by atoms with Crippen LogP contribution in [0, 0.1) is 0 Å². The normalized spacial score (nSPS) is 16.7. The van der Waals surface area contributed by atoms with E-state index in [0.29, 0.717) is 31.3 Å². The Hall–Kier alpha value is -3.17. The van der Waals surface area contributed by atoms with Crippen molar-refractivity contribution in [2.75, 3.05) is 39.6 Å². The van der Waals surface area contributed by atoms with E-state index in [1.54, 1.807) is 24.5 Å². The lowest BCUT2D eigenvalue weighted by atomic mass is 10.0. The molecular weight excluding hydrogens is 388 g/mol. The third-order valence-corrected chi connectivity index (χ3v) is 5.13. The van der Waals surface area contributed by atoms with Gasteiger partial charge in [0.05, 0.1) is 19.3 Å². The molecule has 3 heterocycles. The van der Waals surface area contributed by atoms with Crippen molar-refractivity contribution in [3.63, 3.8) is 0 Å². The minimum absolute atomic E-state index is 0.111. The Labute approximate surface area is 174 Å². The van der Waals surface area contributed by atoms with E-state index in [1.165, 1.54) is 0 Å². The molecule has 1 aromatic heterocycles. The third-order valence-electron chi connectivity index (χ3n) is 5.13. The first-order valence-corrected chi connectivity index (χ1v) is 9.87. The topological polar surface area (TPSA) is 102 Å². The van der Waals surface area contributed by atoms with E-state index in [9.17, 15) is 9.59 Å². The van der Waals surface area contributed by atoms with Crippen molar-refractivity contribution in [3.05, 3.63) is 53.9 Å². The summed E-state index contributed by atoms with van der Waals surface area (Å²) in [6.45, 7) is 3.50. The lowest BCUT2D eigenvalue weighted by Crippen LogP contribution is -2.46. The average molecular weight is 412 g/mol. The fourth-order valence-electron chi connectivity index (χ4n) is 3.50. The molecule has 0 aliphatic carbocycles. The van der Waals surface area contributed by atoms with Crippen LogP contribution in [0.2, 0.25) is 0 Å². The molecule has 0 spiro atoms. The predicted molar refractivity (Wildman–Crippen MR) is 107 cm³/mol. The molecule has 0 radical (unpaired) electrons. The molecule has 1 saturated heterocycles. The third kappa shape index (κ3) is 4.87. The van der Waals surface area contributed by atoms with Crippen LogP contribution in [0.4, 0.5) is 0 Å². The largest absolute Gasteiger partial charge is 0.454 e. The zero-order chi connectivity index (χ0) is 20.8. The summed E-state index contributed by atoms with van der Waals surface area (Å²) < 4.78 is 16.3. The zero-order valence-electron chi connectivity index (χ0n) is 16.5. The van der Waals surface area contributed by atoms with Crippen LogP contribution in [-0.2, 0) is 20.9 Å². The molecule has 2 aliphatic heterocycles. The van der Waals surface area contributed by atoms with Gasteiger partial charge in [0.1, 0.15) is 0 Å². The van der Waals surface area contributed by atoms with Crippen molar-refractivity contribution in [2.24, 2.45) is 0 Å². The molecular formula is C21H24N4O5. The molecule has 2 amide bonds. The van der Waals surface area contributed by atoms with Gasteiger partial charge in [0, 0.05) is 38.6 Å². The summed E-state index contributed by atoms with van der Waals surface area (Å²) >= 11 is 0. The molecule has 1 fully saturated rings. The second-order valence-electron chi connectivity index (χ2n) is 7.03. The number of fused-ring (bicyclic) bond motifs is 1. The number of ether oxygens (including phenoxy) is 3. The Morgan fingerprint density at radius 3 is 2.53 bits per heavy atom. The van der Waals surface area contributed by atoms with Crippen LogP contribution in [0.25, 0.3) is 0 Å². The highest BCUT2D eigenvalue weighted by molar-refractivity contribution is 6.35. The molecule has 30 heavy (non-hydrogen) atoms. The fraction of sp³-hybridized carbons (Fsp3) is 0.381. The molecule has 1 atom stereocenters. The van der Waals surface area contributed by atoms with Crippen molar-refractivity contribution >= 4 is 11.8 Å². The summed E-state index contributed by atoms with van der Waals surface area (Å²) in [5, 5.41) is 5.39. The molecule has 9 heteroatoms. The van der Waals surface area contributed by atoms with Gasteiger partial charge in [-0.25, -0.2) is 0 Å². The monoisotopic (exact) mass is 412 g/mol. The lowest BCUT2D eigenvalue weighted by Gasteiger charge is -2.34. The molecule has 9 nitrogen and oxygen atoms in total. The van der Waals surface area contributed by atoms with Crippen molar-refractivity contribution in [3.8, 4) is 11.5 Å². The highest BCUT2D eigenvalue weighted by Crippen LogP contribution is 2.35. The summed E-state index contributed by atoms with van der Waals surface area (Å²) in [6, 6.07) is 9.22. The van der Waals surface area contributed by atoms with E-state index < -0.39 is 11.8 Å². The van der Waals surface area contributed by atoms with Crippen LogP contribution in [0.1, 0.15) is 17.2 Å². The van der Waals surface area contributed by atoms with Gasteiger partial charge < -0.3 is 24.8 Å². The Bertz CT molecular complexity index is 886. The highest BCUT2D eigenvalue weighted by Gasteiger charge is 2.26. The summed E-state index contributed by atoms with van der Waals surface area (Å²) in [4.78, 5) is 30.7. The Balaban J connectivity index is 1.39. The fourth-order valence-corrected chi connectivity index (χ4v) is 3.50. The summed E-state index contributed by atoms with van der Waals surface area (Å²) in [5.41, 5.74) is 1.86. The summed E-state index contributed by atoms with van der Waals surface area (Å²) in [5.74, 6) is 0.0625. The van der Waals surface area contributed by atoms with E-state index in [1.807, 2.05) is 18.2 Å². The number of nitrogens with zero attached hydrogens (tertiary/aromatic N) is 2. The Kier molecular flexibility index (Phi) is 6.41. The van der Waals surface area contributed by atoms with Gasteiger partial charge in [-0.1, -0.05) is 6.07 Å². The summed E-state index contributed by atoms with van der Waals surface area (Å²) in [7, 11) is 0. The molecule has 1 aromatic carbocycles. The van der Waals surface area contributed by atoms with Crippen LogP contribution in [-0.4, -0.2) is 61.3 Å². The maximum Gasteiger partial charge on any atom is 0.309 e. The minimum Gasteiger partial charge on any atom is -0.454 e. The van der Waals surface area contributed by atoms with Crippen LogP contribution < -0.4 is 20.1 Å². The van der Waals surface area contributed by atoms with Gasteiger partial charge in [-0.05, 0) is 35.4 Å². The zero-order valence-corrected chi connectivity index (χ0v) is 16.5. The molecule has 2 aliphatic rings. The van der Waals surface area contributed by atoms with E-state index in [2.05, 4.69) is 20.5 Å². The first kappa shape index (κ1) is 20.1. The minimum atomic E-state index is -0.668. The van der Waals surface area contributed by atoms with Gasteiger partial charge in [-0.15, -0.1) is 0 Å². The number of carbonyl (C=O) groups is 2. The van der Waals surface area contributed by atoms with Gasteiger partial charge >= 0.3 is 11.8 Å². The van der Waals surface area contributed by atoms with E-state index in [4.69, 9.17) is 14.2 Å². The molecule has 0 saturated carbocycles. The van der Waals surface area contributed by atoms with Crippen LogP contribution in [0.15, 0.2) is 42.7 Å². The number of benzene rings is 1. The first-order valence-electron chi connectivity index (χ1n) is 9.87. The van der Waals surface area contributed by atoms with Crippen molar-refractivity contribution in [1.29, 1.82) is 0 Å². The van der Waals surface area contributed by atoms with Crippen LogP contribution in [0.5, 0.6) is 11.5 Å². The van der Waals surface area contributed by atoms with Crippen LogP contribution >= 0.6 is 0 Å². The number of aromatic nitrogens is 1. The lowest BCUT2D eigenvalue weighted by molar-refractivity contribution is -0.139. The van der Waals surface area contributed by atoms with Crippen molar-refractivity contribution < 1.29 is 23.8 Å². The molecule has 158 valence electrons. The molecule has 4 rings (SSSR count). The number of carbonyl (C=O) groups excluding carboxylic acids is 2. The summed E-state index contributed by atoms with van der Waals surface area (Å²) in [6.07, 6.45) is 3.28. The van der Waals surface area contributed by atoms with Crippen LogP contribution in [0.3, 0.4) is 0 Å². The average Bonchev–Trinajstić information content (AvgIpc) is 3.27. The number of hydrogen-bond acceptors (Lipinski definition) is 7. The van der Waals surface area contributed by atoms with Gasteiger partial charge in [0.25, 0.3) is 0 Å². The number of nitrogens with one attached hydrogen (secondary N) is 2.